The fraction of sp³-hybridized carbons (Fsp3) is 0.929. The van der Waals surface area contributed by atoms with Gasteiger partial charge >= 0.3 is 0 Å². The zero-order chi connectivity index (χ0) is 15.1. The first kappa shape index (κ1) is 18.4. The standard InChI is InChI=1S/C14H32N4O/c1-12(2)16-14(3,13(15)19)8-11-18(6)10-7-9-17(4)5/h12,16H,7-11H2,1-6H3,(H2,15,19). The fourth-order valence-electron chi connectivity index (χ4n) is 2.09. The van der Waals surface area contributed by atoms with Gasteiger partial charge in [0.25, 0.3) is 0 Å². The van der Waals surface area contributed by atoms with Crippen molar-refractivity contribution in [3.63, 3.8) is 0 Å². The molecule has 3 N–H and O–H groups in total. The van der Waals surface area contributed by atoms with Crippen molar-refractivity contribution < 1.29 is 4.79 Å². The van der Waals surface area contributed by atoms with Gasteiger partial charge < -0.3 is 20.9 Å². The minimum absolute atomic E-state index is 0.247. The summed E-state index contributed by atoms with van der Waals surface area (Å²) < 4.78 is 0. The molecule has 0 saturated heterocycles. The molecule has 0 aliphatic carbocycles. The third-order valence-electron chi connectivity index (χ3n) is 3.29. The van der Waals surface area contributed by atoms with E-state index in [1.807, 2.05) is 20.8 Å². The van der Waals surface area contributed by atoms with Crippen LogP contribution >= 0.6 is 0 Å². The summed E-state index contributed by atoms with van der Waals surface area (Å²) in [6.07, 6.45) is 1.87. The second-order valence-corrected chi connectivity index (χ2v) is 6.21. The average molecular weight is 272 g/mol. The Morgan fingerprint density at radius 2 is 1.79 bits per heavy atom. The topological polar surface area (TPSA) is 61.6 Å². The summed E-state index contributed by atoms with van der Waals surface area (Å²) in [5.74, 6) is -0.275. The SMILES string of the molecule is CC(C)NC(C)(CCN(C)CCCN(C)C)C(N)=O. The van der Waals surface area contributed by atoms with Gasteiger partial charge in [0, 0.05) is 12.6 Å². The molecule has 0 aliphatic heterocycles. The number of hydrogen-bond donors (Lipinski definition) is 2. The number of nitrogens with one attached hydrogen (secondary N) is 1. The van der Waals surface area contributed by atoms with Gasteiger partial charge in [-0.25, -0.2) is 0 Å². The number of rotatable bonds is 10. The highest BCUT2D eigenvalue weighted by molar-refractivity contribution is 5.84. The highest BCUT2D eigenvalue weighted by atomic mass is 16.1. The summed E-state index contributed by atoms with van der Waals surface area (Å²) in [7, 11) is 6.25. The molecule has 5 heteroatoms. The molecule has 0 aromatic rings. The third kappa shape index (κ3) is 8.18. The minimum Gasteiger partial charge on any atom is -0.368 e. The molecular formula is C14H32N4O. The maximum absolute atomic E-state index is 11.6. The van der Waals surface area contributed by atoms with Crippen molar-refractivity contribution >= 4 is 5.91 Å². The number of carbonyl (C=O) groups is 1. The van der Waals surface area contributed by atoms with Crippen LogP contribution in [0.4, 0.5) is 0 Å². The van der Waals surface area contributed by atoms with E-state index in [-0.39, 0.29) is 11.9 Å². The summed E-state index contributed by atoms with van der Waals surface area (Å²) in [6, 6.07) is 0.247. The predicted octanol–water partition coefficient (Wildman–Crippen LogP) is 0.502. The minimum atomic E-state index is -0.621. The van der Waals surface area contributed by atoms with Gasteiger partial charge in [-0.05, 0) is 67.8 Å². The molecule has 1 atom stereocenters. The van der Waals surface area contributed by atoms with E-state index in [1.165, 1.54) is 0 Å². The van der Waals surface area contributed by atoms with E-state index >= 15 is 0 Å². The monoisotopic (exact) mass is 272 g/mol. The van der Waals surface area contributed by atoms with Crippen molar-refractivity contribution in [2.45, 2.75) is 45.2 Å². The van der Waals surface area contributed by atoms with Crippen LogP contribution in [-0.2, 0) is 4.79 Å². The molecule has 0 fully saturated rings. The highest BCUT2D eigenvalue weighted by Gasteiger charge is 2.31. The Kier molecular flexibility index (Phi) is 8.22. The van der Waals surface area contributed by atoms with E-state index in [4.69, 9.17) is 5.73 Å². The Bertz CT molecular complexity index is 268. The van der Waals surface area contributed by atoms with E-state index in [9.17, 15) is 4.79 Å². The Balaban J connectivity index is 4.14. The number of amides is 1. The van der Waals surface area contributed by atoms with E-state index in [1.54, 1.807) is 0 Å². The van der Waals surface area contributed by atoms with Crippen LogP contribution in [0.2, 0.25) is 0 Å². The lowest BCUT2D eigenvalue weighted by Gasteiger charge is -2.31. The molecular weight excluding hydrogens is 240 g/mol. The molecule has 0 spiro atoms. The van der Waals surface area contributed by atoms with Gasteiger partial charge in [0.05, 0.1) is 5.54 Å². The maximum atomic E-state index is 11.6. The Labute approximate surface area is 118 Å². The van der Waals surface area contributed by atoms with E-state index < -0.39 is 5.54 Å². The Morgan fingerprint density at radius 1 is 1.21 bits per heavy atom. The van der Waals surface area contributed by atoms with Gasteiger partial charge in [0.2, 0.25) is 5.91 Å². The molecule has 5 nitrogen and oxygen atoms in total. The van der Waals surface area contributed by atoms with Gasteiger partial charge in [0.15, 0.2) is 0 Å². The van der Waals surface area contributed by atoms with Crippen LogP contribution in [0.3, 0.4) is 0 Å². The number of primary amides is 1. The molecule has 0 aliphatic rings. The molecule has 0 aromatic heterocycles. The van der Waals surface area contributed by atoms with Crippen LogP contribution in [0.25, 0.3) is 0 Å². The highest BCUT2D eigenvalue weighted by Crippen LogP contribution is 2.11. The van der Waals surface area contributed by atoms with E-state index in [0.717, 1.165) is 32.5 Å². The first-order valence-electron chi connectivity index (χ1n) is 7.08. The molecule has 1 unspecified atom stereocenters. The number of carbonyl (C=O) groups excluding carboxylic acids is 1. The molecule has 114 valence electrons. The van der Waals surface area contributed by atoms with Crippen LogP contribution in [0, 0.1) is 0 Å². The lowest BCUT2D eigenvalue weighted by Crippen LogP contribution is -2.56. The lowest BCUT2D eigenvalue weighted by atomic mass is 9.95. The van der Waals surface area contributed by atoms with Gasteiger partial charge in [-0.2, -0.15) is 0 Å². The molecule has 1 amide bonds. The first-order chi connectivity index (χ1) is 8.67. The molecule has 0 rings (SSSR count). The average Bonchev–Trinajstić information content (AvgIpc) is 2.24. The zero-order valence-corrected chi connectivity index (χ0v) is 13.5. The second-order valence-electron chi connectivity index (χ2n) is 6.21. The van der Waals surface area contributed by atoms with Crippen molar-refractivity contribution in [2.75, 3.05) is 40.8 Å². The quantitative estimate of drug-likeness (QED) is 0.608. The van der Waals surface area contributed by atoms with Crippen molar-refractivity contribution in [1.82, 2.24) is 15.1 Å². The smallest absolute Gasteiger partial charge is 0.237 e. The van der Waals surface area contributed by atoms with Crippen LogP contribution in [0.1, 0.15) is 33.6 Å². The first-order valence-corrected chi connectivity index (χ1v) is 7.08. The fourth-order valence-corrected chi connectivity index (χ4v) is 2.09. The predicted molar refractivity (Wildman–Crippen MR) is 81.2 cm³/mol. The van der Waals surface area contributed by atoms with Gasteiger partial charge in [-0.3, -0.25) is 4.79 Å². The maximum Gasteiger partial charge on any atom is 0.237 e. The molecule has 0 heterocycles. The van der Waals surface area contributed by atoms with Gasteiger partial charge in [0.1, 0.15) is 0 Å². The van der Waals surface area contributed by atoms with Gasteiger partial charge in [-0.1, -0.05) is 0 Å². The van der Waals surface area contributed by atoms with Gasteiger partial charge in [-0.15, -0.1) is 0 Å². The normalized spacial score (nSPS) is 15.2. The number of nitrogens with zero attached hydrogens (tertiary/aromatic N) is 2. The second kappa shape index (κ2) is 8.51. The summed E-state index contributed by atoms with van der Waals surface area (Å²) in [5.41, 5.74) is 4.90. The molecule has 0 radical (unpaired) electrons. The van der Waals surface area contributed by atoms with Crippen LogP contribution in [0.15, 0.2) is 0 Å². The van der Waals surface area contributed by atoms with E-state index in [2.05, 4.69) is 36.3 Å². The summed E-state index contributed by atoms with van der Waals surface area (Å²) >= 11 is 0. The largest absolute Gasteiger partial charge is 0.368 e. The number of hydrogen-bond acceptors (Lipinski definition) is 4. The summed E-state index contributed by atoms with van der Waals surface area (Å²) in [6.45, 7) is 8.94. The summed E-state index contributed by atoms with van der Waals surface area (Å²) in [4.78, 5) is 16.0. The van der Waals surface area contributed by atoms with E-state index in [0.29, 0.717) is 0 Å². The van der Waals surface area contributed by atoms with Crippen molar-refractivity contribution in [3.8, 4) is 0 Å². The van der Waals surface area contributed by atoms with Crippen LogP contribution in [0.5, 0.6) is 0 Å². The molecule has 0 aromatic carbocycles. The zero-order valence-electron chi connectivity index (χ0n) is 13.5. The van der Waals surface area contributed by atoms with Crippen molar-refractivity contribution in [3.05, 3.63) is 0 Å². The molecule has 0 saturated carbocycles. The van der Waals surface area contributed by atoms with Crippen LogP contribution < -0.4 is 11.1 Å². The molecule has 19 heavy (non-hydrogen) atoms. The van der Waals surface area contributed by atoms with Crippen molar-refractivity contribution in [1.29, 1.82) is 0 Å². The molecule has 0 bridgehead atoms. The third-order valence-corrected chi connectivity index (χ3v) is 3.29. The summed E-state index contributed by atoms with van der Waals surface area (Å²) in [5, 5.41) is 3.28. The van der Waals surface area contributed by atoms with Crippen LogP contribution in [-0.4, -0.2) is 68.1 Å². The Hall–Kier alpha value is -0.650. The van der Waals surface area contributed by atoms with Crippen molar-refractivity contribution in [2.24, 2.45) is 5.73 Å². The lowest BCUT2D eigenvalue weighted by molar-refractivity contribution is -0.124. The Morgan fingerprint density at radius 3 is 2.21 bits per heavy atom. The number of nitrogens with two attached hydrogens (primary N) is 1.